The first-order valence-corrected chi connectivity index (χ1v) is 9.06. The van der Waals surface area contributed by atoms with Gasteiger partial charge in [-0.25, -0.2) is 4.98 Å². The van der Waals surface area contributed by atoms with Gasteiger partial charge >= 0.3 is 0 Å². The van der Waals surface area contributed by atoms with Crippen molar-refractivity contribution in [1.82, 2.24) is 15.2 Å². The zero-order valence-electron chi connectivity index (χ0n) is 13.3. The van der Waals surface area contributed by atoms with Gasteiger partial charge in [-0.15, -0.1) is 11.3 Å². The quantitative estimate of drug-likeness (QED) is 0.794. The Kier molecular flexibility index (Phi) is 4.28. The summed E-state index contributed by atoms with van der Waals surface area (Å²) in [4.78, 5) is 19.1. The lowest BCUT2D eigenvalue weighted by molar-refractivity contribution is 0.0938. The van der Waals surface area contributed by atoms with E-state index in [0.717, 1.165) is 36.3 Å². The first-order valence-electron chi connectivity index (χ1n) is 8.18. The lowest BCUT2D eigenvalue weighted by Crippen LogP contribution is -2.36. The molecule has 24 heavy (non-hydrogen) atoms. The summed E-state index contributed by atoms with van der Waals surface area (Å²) in [7, 11) is 0. The number of fused-ring (bicyclic) bond motifs is 1. The Morgan fingerprint density at radius 1 is 1.25 bits per heavy atom. The van der Waals surface area contributed by atoms with Crippen LogP contribution in [0.1, 0.15) is 22.3 Å². The van der Waals surface area contributed by atoms with Gasteiger partial charge in [0.25, 0.3) is 5.91 Å². The number of likely N-dealkylation sites (tertiary alicyclic amines) is 1. The van der Waals surface area contributed by atoms with Crippen LogP contribution >= 0.6 is 11.3 Å². The number of nitrogens with one attached hydrogen (secondary N) is 1. The highest BCUT2D eigenvalue weighted by Gasteiger charge is 2.24. The van der Waals surface area contributed by atoms with Crippen LogP contribution in [-0.2, 0) is 6.54 Å². The Labute approximate surface area is 145 Å². The highest BCUT2D eigenvalue weighted by Crippen LogP contribution is 2.20. The molecule has 0 unspecified atom stereocenters. The summed E-state index contributed by atoms with van der Waals surface area (Å²) >= 11 is 1.56. The van der Waals surface area contributed by atoms with Crippen molar-refractivity contribution < 1.29 is 4.79 Å². The van der Waals surface area contributed by atoms with Crippen LogP contribution < -0.4 is 5.32 Å². The van der Waals surface area contributed by atoms with Crippen LogP contribution in [-0.4, -0.2) is 34.9 Å². The van der Waals surface area contributed by atoms with Crippen LogP contribution in [0.25, 0.3) is 10.2 Å². The number of nitrogens with zero attached hydrogens (tertiary/aromatic N) is 2. The molecular weight excluding hydrogens is 318 g/mol. The maximum Gasteiger partial charge on any atom is 0.251 e. The molecule has 0 spiro atoms. The normalized spacial score (nSPS) is 18.1. The number of amides is 1. The number of rotatable bonds is 4. The molecule has 1 saturated heterocycles. The second-order valence-corrected chi connectivity index (χ2v) is 7.10. The van der Waals surface area contributed by atoms with E-state index in [9.17, 15) is 4.79 Å². The molecule has 0 saturated carbocycles. The van der Waals surface area contributed by atoms with Gasteiger partial charge in [0.05, 0.1) is 15.7 Å². The van der Waals surface area contributed by atoms with Crippen molar-refractivity contribution >= 4 is 27.5 Å². The van der Waals surface area contributed by atoms with E-state index in [0.29, 0.717) is 5.56 Å². The van der Waals surface area contributed by atoms with Gasteiger partial charge in [0.1, 0.15) is 0 Å². The summed E-state index contributed by atoms with van der Waals surface area (Å²) in [6, 6.07) is 16.4. The summed E-state index contributed by atoms with van der Waals surface area (Å²) in [5, 5.41) is 3.17. The van der Waals surface area contributed by atoms with E-state index in [1.165, 1.54) is 5.56 Å². The molecule has 1 atom stereocenters. The van der Waals surface area contributed by atoms with Crippen molar-refractivity contribution in [2.75, 3.05) is 13.1 Å². The van der Waals surface area contributed by atoms with E-state index in [-0.39, 0.29) is 11.9 Å². The minimum absolute atomic E-state index is 0.0110. The minimum Gasteiger partial charge on any atom is -0.348 e. The molecule has 0 aliphatic carbocycles. The summed E-state index contributed by atoms with van der Waals surface area (Å²) in [5.74, 6) is 0.0110. The number of aromatic nitrogens is 1. The summed E-state index contributed by atoms with van der Waals surface area (Å²) in [6.07, 6.45) is 1.00. The zero-order valence-corrected chi connectivity index (χ0v) is 14.1. The van der Waals surface area contributed by atoms with Crippen molar-refractivity contribution in [1.29, 1.82) is 0 Å². The van der Waals surface area contributed by atoms with Crippen molar-refractivity contribution in [2.45, 2.75) is 19.0 Å². The highest BCUT2D eigenvalue weighted by atomic mass is 32.1. The number of hydrogen-bond acceptors (Lipinski definition) is 4. The molecule has 4 rings (SSSR count). The van der Waals surface area contributed by atoms with Crippen LogP contribution in [0.3, 0.4) is 0 Å². The molecule has 1 aliphatic rings. The van der Waals surface area contributed by atoms with Crippen LogP contribution in [0.4, 0.5) is 0 Å². The average molecular weight is 337 g/mol. The Morgan fingerprint density at radius 2 is 2.12 bits per heavy atom. The molecule has 2 heterocycles. The third-order valence-corrected chi connectivity index (χ3v) is 5.24. The van der Waals surface area contributed by atoms with Gasteiger partial charge < -0.3 is 5.32 Å². The number of hydrogen-bond donors (Lipinski definition) is 1. The van der Waals surface area contributed by atoms with Crippen LogP contribution in [0.5, 0.6) is 0 Å². The van der Waals surface area contributed by atoms with Crippen LogP contribution in [0.2, 0.25) is 0 Å². The SMILES string of the molecule is O=C(N[C@H]1CCN(Cc2ccccc2)C1)c1ccc2ncsc2c1. The largest absolute Gasteiger partial charge is 0.348 e. The van der Waals surface area contributed by atoms with Crippen molar-refractivity contribution in [2.24, 2.45) is 0 Å². The first-order chi connectivity index (χ1) is 11.8. The van der Waals surface area contributed by atoms with E-state index in [1.54, 1.807) is 11.3 Å². The predicted octanol–water partition coefficient (Wildman–Crippen LogP) is 3.30. The summed E-state index contributed by atoms with van der Waals surface area (Å²) in [5.41, 5.74) is 4.80. The average Bonchev–Trinajstić information content (AvgIpc) is 3.24. The molecule has 122 valence electrons. The lowest BCUT2D eigenvalue weighted by atomic mass is 10.2. The van der Waals surface area contributed by atoms with E-state index < -0.39 is 0 Å². The van der Waals surface area contributed by atoms with Gasteiger partial charge in [0, 0.05) is 31.2 Å². The monoisotopic (exact) mass is 337 g/mol. The Morgan fingerprint density at radius 3 is 3.00 bits per heavy atom. The van der Waals surface area contributed by atoms with Gasteiger partial charge in [0.15, 0.2) is 0 Å². The predicted molar refractivity (Wildman–Crippen MR) is 97.2 cm³/mol. The third kappa shape index (κ3) is 3.32. The summed E-state index contributed by atoms with van der Waals surface area (Å²) < 4.78 is 1.06. The van der Waals surface area contributed by atoms with Crippen molar-refractivity contribution in [3.8, 4) is 0 Å². The fourth-order valence-corrected chi connectivity index (χ4v) is 3.92. The first kappa shape index (κ1) is 15.3. The van der Waals surface area contributed by atoms with Gasteiger partial charge in [-0.3, -0.25) is 9.69 Å². The molecular formula is C19H19N3OS. The molecule has 0 radical (unpaired) electrons. The number of thiazole rings is 1. The van der Waals surface area contributed by atoms with E-state index in [2.05, 4.69) is 39.5 Å². The second kappa shape index (κ2) is 6.71. The molecule has 4 nitrogen and oxygen atoms in total. The molecule has 5 heteroatoms. The molecule has 2 aromatic carbocycles. The van der Waals surface area contributed by atoms with Gasteiger partial charge in [-0.05, 0) is 30.2 Å². The van der Waals surface area contributed by atoms with Crippen molar-refractivity contribution in [3.05, 3.63) is 65.2 Å². The standard InChI is InChI=1S/C19H19N3OS/c23-19(15-6-7-17-18(10-15)24-13-20-17)21-16-8-9-22(12-16)11-14-4-2-1-3-5-14/h1-7,10,13,16H,8-9,11-12H2,(H,21,23)/t16-/m0/s1. The Bertz CT molecular complexity index is 846. The van der Waals surface area contributed by atoms with Gasteiger partial charge in [-0.1, -0.05) is 30.3 Å². The highest BCUT2D eigenvalue weighted by molar-refractivity contribution is 7.16. The number of carbonyl (C=O) groups is 1. The lowest BCUT2D eigenvalue weighted by Gasteiger charge is -2.17. The van der Waals surface area contributed by atoms with E-state index in [4.69, 9.17) is 0 Å². The maximum absolute atomic E-state index is 12.5. The second-order valence-electron chi connectivity index (χ2n) is 6.21. The number of benzene rings is 2. The van der Waals surface area contributed by atoms with Crippen molar-refractivity contribution in [3.63, 3.8) is 0 Å². The fourth-order valence-electron chi connectivity index (χ4n) is 3.20. The summed E-state index contributed by atoms with van der Waals surface area (Å²) in [6.45, 7) is 2.87. The molecule has 1 amide bonds. The maximum atomic E-state index is 12.5. The van der Waals surface area contributed by atoms with Gasteiger partial charge in [0.2, 0.25) is 0 Å². The Balaban J connectivity index is 1.36. The van der Waals surface area contributed by atoms with Crippen LogP contribution in [0.15, 0.2) is 54.0 Å². The number of carbonyl (C=O) groups excluding carboxylic acids is 1. The third-order valence-electron chi connectivity index (χ3n) is 4.45. The molecule has 1 aromatic heterocycles. The molecule has 1 N–H and O–H groups in total. The van der Waals surface area contributed by atoms with E-state index in [1.807, 2.05) is 29.8 Å². The Hall–Kier alpha value is -2.24. The fraction of sp³-hybridized carbons (Fsp3) is 0.263. The molecule has 1 aliphatic heterocycles. The van der Waals surface area contributed by atoms with Gasteiger partial charge in [-0.2, -0.15) is 0 Å². The molecule has 3 aromatic rings. The molecule has 0 bridgehead atoms. The zero-order chi connectivity index (χ0) is 16.4. The van der Waals surface area contributed by atoms with E-state index >= 15 is 0 Å². The van der Waals surface area contributed by atoms with Crippen LogP contribution in [0, 0.1) is 0 Å². The smallest absolute Gasteiger partial charge is 0.251 e. The molecule has 1 fully saturated rings. The minimum atomic E-state index is 0.0110. The topological polar surface area (TPSA) is 45.2 Å².